The van der Waals surface area contributed by atoms with Crippen LogP contribution in [0.5, 0.6) is 0 Å². The molecule has 1 aliphatic carbocycles. The van der Waals surface area contributed by atoms with Crippen LogP contribution in [-0.2, 0) is 11.4 Å². The van der Waals surface area contributed by atoms with Gasteiger partial charge in [-0.25, -0.2) is 0 Å². The summed E-state index contributed by atoms with van der Waals surface area (Å²) < 4.78 is 0. The molecule has 0 radical (unpaired) electrons. The average Bonchev–Trinajstić information content (AvgIpc) is 3.03. The van der Waals surface area contributed by atoms with Crippen molar-refractivity contribution in [2.45, 2.75) is 25.9 Å². The van der Waals surface area contributed by atoms with Gasteiger partial charge in [0.25, 0.3) is 0 Å². The summed E-state index contributed by atoms with van der Waals surface area (Å²) in [4.78, 5) is 11.5. The second kappa shape index (κ2) is 4.45. The Kier molecular flexibility index (Phi) is 3.02. The molecule has 1 saturated carbocycles. The van der Waals surface area contributed by atoms with Crippen molar-refractivity contribution in [2.75, 3.05) is 5.32 Å². The first-order valence-electron chi connectivity index (χ1n) is 5.27. The van der Waals surface area contributed by atoms with E-state index in [-0.39, 0.29) is 12.5 Å². The Morgan fingerprint density at radius 3 is 2.53 bits per heavy atom. The fourth-order valence-electron chi connectivity index (χ4n) is 1.49. The van der Waals surface area contributed by atoms with Crippen LogP contribution in [-0.4, -0.2) is 11.0 Å². The van der Waals surface area contributed by atoms with E-state index >= 15 is 0 Å². The lowest BCUT2D eigenvalue weighted by Crippen LogP contribution is -2.11. The van der Waals surface area contributed by atoms with Gasteiger partial charge in [0.2, 0.25) is 5.91 Å². The first kappa shape index (κ1) is 10.2. The Morgan fingerprint density at radius 1 is 1.33 bits per heavy atom. The van der Waals surface area contributed by atoms with E-state index in [0.29, 0.717) is 12.3 Å². The van der Waals surface area contributed by atoms with Gasteiger partial charge in [0.15, 0.2) is 0 Å². The van der Waals surface area contributed by atoms with Crippen LogP contribution in [0.15, 0.2) is 24.3 Å². The number of anilines is 1. The van der Waals surface area contributed by atoms with E-state index in [9.17, 15) is 4.79 Å². The van der Waals surface area contributed by atoms with Gasteiger partial charge in [-0.2, -0.15) is 0 Å². The maximum absolute atomic E-state index is 11.5. The van der Waals surface area contributed by atoms with Gasteiger partial charge in [0.05, 0.1) is 6.61 Å². The van der Waals surface area contributed by atoms with Crippen LogP contribution in [0.3, 0.4) is 0 Å². The van der Waals surface area contributed by atoms with Crippen LogP contribution < -0.4 is 5.32 Å². The topological polar surface area (TPSA) is 49.3 Å². The molecular weight excluding hydrogens is 190 g/mol. The molecule has 3 heteroatoms. The van der Waals surface area contributed by atoms with E-state index in [2.05, 4.69) is 5.32 Å². The Morgan fingerprint density at radius 2 is 2.00 bits per heavy atom. The molecule has 1 aliphatic rings. The SMILES string of the molecule is O=C(CC1CC1)Nc1ccc(CO)cc1. The molecule has 0 bridgehead atoms. The zero-order valence-electron chi connectivity index (χ0n) is 8.57. The molecule has 0 saturated heterocycles. The van der Waals surface area contributed by atoms with Gasteiger partial charge in [0, 0.05) is 12.1 Å². The van der Waals surface area contributed by atoms with E-state index in [4.69, 9.17) is 5.11 Å². The minimum Gasteiger partial charge on any atom is -0.392 e. The summed E-state index contributed by atoms with van der Waals surface area (Å²) in [6.07, 6.45) is 3.02. The van der Waals surface area contributed by atoms with Crippen molar-refractivity contribution in [3.63, 3.8) is 0 Å². The number of aliphatic hydroxyl groups excluding tert-OH is 1. The highest BCUT2D eigenvalue weighted by molar-refractivity contribution is 5.90. The molecule has 1 aromatic rings. The van der Waals surface area contributed by atoms with Crippen molar-refractivity contribution >= 4 is 11.6 Å². The molecule has 1 aromatic carbocycles. The highest BCUT2D eigenvalue weighted by Crippen LogP contribution is 2.32. The molecule has 80 valence electrons. The van der Waals surface area contributed by atoms with Crippen molar-refractivity contribution in [1.29, 1.82) is 0 Å². The molecule has 0 aliphatic heterocycles. The fraction of sp³-hybridized carbons (Fsp3) is 0.417. The van der Waals surface area contributed by atoms with Crippen molar-refractivity contribution in [3.8, 4) is 0 Å². The zero-order chi connectivity index (χ0) is 10.7. The van der Waals surface area contributed by atoms with E-state index < -0.39 is 0 Å². The number of amides is 1. The first-order chi connectivity index (χ1) is 7.28. The predicted octanol–water partition coefficient (Wildman–Crippen LogP) is 1.92. The summed E-state index contributed by atoms with van der Waals surface area (Å²) in [5, 5.41) is 11.7. The Balaban J connectivity index is 1.88. The molecule has 15 heavy (non-hydrogen) atoms. The summed E-state index contributed by atoms with van der Waals surface area (Å²) in [7, 11) is 0. The van der Waals surface area contributed by atoms with Gasteiger partial charge in [0.1, 0.15) is 0 Å². The third kappa shape index (κ3) is 3.06. The third-order valence-electron chi connectivity index (χ3n) is 2.59. The zero-order valence-corrected chi connectivity index (χ0v) is 8.57. The number of hydrogen-bond acceptors (Lipinski definition) is 2. The largest absolute Gasteiger partial charge is 0.392 e. The highest BCUT2D eigenvalue weighted by Gasteiger charge is 2.24. The van der Waals surface area contributed by atoms with Crippen LogP contribution in [0.1, 0.15) is 24.8 Å². The Labute approximate surface area is 89.1 Å². The number of nitrogens with one attached hydrogen (secondary N) is 1. The number of benzene rings is 1. The van der Waals surface area contributed by atoms with Crippen LogP contribution in [0.25, 0.3) is 0 Å². The second-order valence-electron chi connectivity index (χ2n) is 4.05. The van der Waals surface area contributed by atoms with Crippen molar-refractivity contribution in [2.24, 2.45) is 5.92 Å². The summed E-state index contributed by atoms with van der Waals surface area (Å²) in [6.45, 7) is 0.0380. The summed E-state index contributed by atoms with van der Waals surface area (Å²) in [5.74, 6) is 0.705. The third-order valence-corrected chi connectivity index (χ3v) is 2.59. The van der Waals surface area contributed by atoms with Gasteiger partial charge in [-0.05, 0) is 36.5 Å². The molecule has 0 spiro atoms. The smallest absolute Gasteiger partial charge is 0.224 e. The fourth-order valence-corrected chi connectivity index (χ4v) is 1.49. The number of hydrogen-bond donors (Lipinski definition) is 2. The molecule has 3 nitrogen and oxygen atoms in total. The molecular formula is C12H15NO2. The van der Waals surface area contributed by atoms with Crippen molar-refractivity contribution in [1.82, 2.24) is 0 Å². The monoisotopic (exact) mass is 205 g/mol. The maximum Gasteiger partial charge on any atom is 0.224 e. The Bertz CT molecular complexity index is 341. The van der Waals surface area contributed by atoms with E-state index in [1.165, 1.54) is 12.8 Å². The normalized spacial score (nSPS) is 15.0. The first-order valence-corrected chi connectivity index (χ1v) is 5.27. The van der Waals surface area contributed by atoms with Gasteiger partial charge in [-0.3, -0.25) is 4.79 Å². The van der Waals surface area contributed by atoms with Gasteiger partial charge >= 0.3 is 0 Å². The van der Waals surface area contributed by atoms with Crippen molar-refractivity contribution in [3.05, 3.63) is 29.8 Å². The second-order valence-corrected chi connectivity index (χ2v) is 4.05. The molecule has 1 amide bonds. The maximum atomic E-state index is 11.5. The minimum atomic E-state index is 0.0380. The van der Waals surface area contributed by atoms with E-state index in [0.717, 1.165) is 11.3 Å². The van der Waals surface area contributed by atoms with Crippen LogP contribution >= 0.6 is 0 Å². The van der Waals surface area contributed by atoms with Gasteiger partial charge < -0.3 is 10.4 Å². The number of rotatable bonds is 4. The molecule has 0 aromatic heterocycles. The molecule has 2 N–H and O–H groups in total. The number of carbonyl (C=O) groups is 1. The average molecular weight is 205 g/mol. The number of carbonyl (C=O) groups excluding carboxylic acids is 1. The molecule has 0 atom stereocenters. The summed E-state index contributed by atoms with van der Waals surface area (Å²) >= 11 is 0. The van der Waals surface area contributed by atoms with E-state index in [1.807, 2.05) is 24.3 Å². The molecule has 1 fully saturated rings. The van der Waals surface area contributed by atoms with Crippen LogP contribution in [0, 0.1) is 5.92 Å². The lowest BCUT2D eigenvalue weighted by Gasteiger charge is -2.04. The standard InChI is InChI=1S/C12H15NO2/c14-8-10-3-5-11(6-4-10)13-12(15)7-9-1-2-9/h3-6,9,14H,1-2,7-8H2,(H,13,15). The molecule has 0 heterocycles. The minimum absolute atomic E-state index is 0.0380. The van der Waals surface area contributed by atoms with Crippen molar-refractivity contribution < 1.29 is 9.90 Å². The predicted molar refractivity (Wildman–Crippen MR) is 58.3 cm³/mol. The van der Waals surface area contributed by atoms with Gasteiger partial charge in [-0.1, -0.05) is 12.1 Å². The lowest BCUT2D eigenvalue weighted by atomic mass is 10.2. The summed E-state index contributed by atoms with van der Waals surface area (Å²) in [5.41, 5.74) is 1.66. The highest BCUT2D eigenvalue weighted by atomic mass is 16.3. The lowest BCUT2D eigenvalue weighted by molar-refractivity contribution is -0.116. The van der Waals surface area contributed by atoms with Crippen LogP contribution in [0.2, 0.25) is 0 Å². The molecule has 2 rings (SSSR count). The number of aliphatic hydroxyl groups is 1. The molecule has 0 unspecified atom stereocenters. The quantitative estimate of drug-likeness (QED) is 0.789. The summed E-state index contributed by atoms with van der Waals surface area (Å²) in [6, 6.07) is 7.26. The van der Waals surface area contributed by atoms with Gasteiger partial charge in [-0.15, -0.1) is 0 Å². The van der Waals surface area contributed by atoms with Crippen LogP contribution in [0.4, 0.5) is 5.69 Å². The van der Waals surface area contributed by atoms with E-state index in [1.54, 1.807) is 0 Å². The Hall–Kier alpha value is -1.35.